The Hall–Kier alpha value is -2.25. The molecule has 0 aromatic rings. The Balaban J connectivity index is 4.04. The number of phosphoric acid groups is 1. The van der Waals surface area contributed by atoms with Crippen molar-refractivity contribution in [3.8, 4) is 0 Å². The van der Waals surface area contributed by atoms with Crippen molar-refractivity contribution in [1.29, 1.82) is 0 Å². The van der Waals surface area contributed by atoms with E-state index in [4.69, 9.17) is 18.5 Å². The largest absolute Gasteiger partial charge is 0.472 e. The van der Waals surface area contributed by atoms with E-state index in [-0.39, 0.29) is 32.0 Å². The van der Waals surface area contributed by atoms with Crippen LogP contribution in [0.3, 0.4) is 0 Å². The molecule has 60 heavy (non-hydrogen) atoms. The molecule has 1 N–H and O–H groups in total. The number of rotatable bonds is 45. The molecule has 0 aromatic carbocycles. The molecule has 0 spiro atoms. The van der Waals surface area contributed by atoms with Crippen LogP contribution in [0.15, 0.2) is 60.8 Å². The van der Waals surface area contributed by atoms with Crippen LogP contribution in [0.25, 0.3) is 0 Å². The summed E-state index contributed by atoms with van der Waals surface area (Å²) in [5, 5.41) is 0. The average Bonchev–Trinajstić information content (AvgIpc) is 3.23. The summed E-state index contributed by atoms with van der Waals surface area (Å²) in [6.07, 6.45) is 57.1. The molecule has 0 aromatic heterocycles. The first-order valence-corrected chi connectivity index (χ1v) is 26.1. The van der Waals surface area contributed by atoms with Crippen molar-refractivity contribution < 1.29 is 37.6 Å². The molecule has 0 aliphatic rings. The highest BCUT2D eigenvalue weighted by Gasteiger charge is 2.25. The number of ether oxygens (including phenoxy) is 2. The summed E-state index contributed by atoms with van der Waals surface area (Å²) in [7, 11) is -4.30. The zero-order valence-electron chi connectivity index (χ0n) is 38.9. The van der Waals surface area contributed by atoms with Crippen LogP contribution in [0.4, 0.5) is 0 Å². The molecule has 0 radical (unpaired) electrons. The Labute approximate surface area is 369 Å². The van der Waals surface area contributed by atoms with Crippen molar-refractivity contribution >= 4 is 19.8 Å². The second kappa shape index (κ2) is 46.3. The van der Waals surface area contributed by atoms with Gasteiger partial charge in [0.25, 0.3) is 0 Å². The molecule has 8 nitrogen and oxygen atoms in total. The molecule has 348 valence electrons. The number of hydrogen-bond acceptors (Lipinski definition) is 7. The number of hydrogen-bond donors (Lipinski definition) is 1. The van der Waals surface area contributed by atoms with Crippen molar-refractivity contribution in [2.75, 3.05) is 19.8 Å². The van der Waals surface area contributed by atoms with Gasteiger partial charge in [0, 0.05) is 12.8 Å². The summed E-state index contributed by atoms with van der Waals surface area (Å²) in [6, 6.07) is 0. The van der Waals surface area contributed by atoms with Gasteiger partial charge in [-0.15, -0.1) is 0 Å². The maximum absolute atomic E-state index is 12.6. The van der Waals surface area contributed by atoms with Crippen LogP contribution in [-0.4, -0.2) is 42.8 Å². The number of esters is 2. The summed E-state index contributed by atoms with van der Waals surface area (Å²) in [5.74, 6) is -0.830. The van der Waals surface area contributed by atoms with E-state index in [9.17, 15) is 19.0 Å². The van der Waals surface area contributed by atoms with Gasteiger partial charge in [-0.05, 0) is 64.7 Å². The van der Waals surface area contributed by atoms with E-state index in [0.717, 1.165) is 70.6 Å². The van der Waals surface area contributed by atoms with Crippen LogP contribution < -0.4 is 0 Å². The molecule has 0 bridgehead atoms. The third-order valence-electron chi connectivity index (χ3n) is 10.3. The molecule has 0 heterocycles. The van der Waals surface area contributed by atoms with Crippen LogP contribution in [0.2, 0.25) is 0 Å². The van der Waals surface area contributed by atoms with Crippen LogP contribution in [0.5, 0.6) is 0 Å². The van der Waals surface area contributed by atoms with E-state index in [1.165, 1.54) is 116 Å². The van der Waals surface area contributed by atoms with E-state index in [2.05, 4.69) is 74.6 Å². The quantitative estimate of drug-likeness (QED) is 0.0279. The SMILES string of the molecule is CC/C=C\C/C=C\C/C=C\C/C=C\C/C=C\CCCCCC(=O)OC(COC(=O)CCCCCCCCCCCCCCCCCCCCCCC)COP(=O)(O)OCC. The Kier molecular flexibility index (Phi) is 44.5. The van der Waals surface area contributed by atoms with Crippen molar-refractivity contribution in [2.45, 2.75) is 232 Å². The summed E-state index contributed by atoms with van der Waals surface area (Å²) >= 11 is 0. The van der Waals surface area contributed by atoms with Gasteiger partial charge in [0.05, 0.1) is 13.2 Å². The van der Waals surface area contributed by atoms with Crippen molar-refractivity contribution in [3.05, 3.63) is 60.8 Å². The van der Waals surface area contributed by atoms with Crippen LogP contribution in [0.1, 0.15) is 226 Å². The number of unbranched alkanes of at least 4 members (excludes halogenated alkanes) is 23. The normalized spacial score (nSPS) is 13.7. The van der Waals surface area contributed by atoms with E-state index in [1.54, 1.807) is 6.92 Å². The monoisotopic (exact) mass is 863 g/mol. The lowest BCUT2D eigenvalue weighted by molar-refractivity contribution is -0.161. The second-order valence-corrected chi connectivity index (χ2v) is 17.6. The molecule has 0 amide bonds. The highest BCUT2D eigenvalue weighted by atomic mass is 31.2. The van der Waals surface area contributed by atoms with Gasteiger partial charge in [0.1, 0.15) is 6.61 Å². The molecule has 9 heteroatoms. The van der Waals surface area contributed by atoms with Gasteiger partial charge in [-0.3, -0.25) is 18.6 Å². The predicted molar refractivity (Wildman–Crippen MR) is 253 cm³/mol. The fourth-order valence-corrected chi connectivity index (χ4v) is 7.53. The first-order chi connectivity index (χ1) is 29.3. The lowest BCUT2D eigenvalue weighted by atomic mass is 10.0. The minimum absolute atomic E-state index is 0.00759. The van der Waals surface area contributed by atoms with Crippen molar-refractivity contribution in [3.63, 3.8) is 0 Å². The minimum Gasteiger partial charge on any atom is -0.462 e. The molecule has 0 saturated carbocycles. The minimum atomic E-state index is -4.30. The summed E-state index contributed by atoms with van der Waals surface area (Å²) in [4.78, 5) is 34.9. The van der Waals surface area contributed by atoms with Gasteiger partial charge in [0.15, 0.2) is 6.10 Å². The molecule has 0 aliphatic heterocycles. The van der Waals surface area contributed by atoms with E-state index >= 15 is 0 Å². The van der Waals surface area contributed by atoms with Gasteiger partial charge in [-0.2, -0.15) is 0 Å². The van der Waals surface area contributed by atoms with Crippen molar-refractivity contribution in [1.82, 2.24) is 0 Å². The fourth-order valence-electron chi connectivity index (χ4n) is 6.77. The first kappa shape index (κ1) is 57.8. The Morgan fingerprint density at radius 1 is 0.467 bits per heavy atom. The smallest absolute Gasteiger partial charge is 0.462 e. The highest BCUT2D eigenvalue weighted by molar-refractivity contribution is 7.47. The molecule has 0 aliphatic carbocycles. The molecular formula is C51H91O8P. The maximum atomic E-state index is 12.6. The van der Waals surface area contributed by atoms with Crippen LogP contribution in [-0.2, 0) is 32.7 Å². The lowest BCUT2D eigenvalue weighted by Crippen LogP contribution is -2.29. The summed E-state index contributed by atoms with van der Waals surface area (Å²) in [6.45, 7) is 5.35. The Morgan fingerprint density at radius 2 is 0.850 bits per heavy atom. The third-order valence-corrected chi connectivity index (χ3v) is 11.4. The van der Waals surface area contributed by atoms with Crippen LogP contribution >= 0.6 is 7.82 Å². The van der Waals surface area contributed by atoms with E-state index < -0.39 is 26.5 Å². The standard InChI is InChI=1S/C51H91O8P/c1-4-7-9-11-13-15-17-19-21-23-25-26-28-29-31-33-35-37-39-41-43-45-50(52)56-47-49(48-58-60(54,55)57-6-3)59-51(53)46-44-42-40-38-36-34-32-30-27-24-22-20-18-16-14-12-10-8-5-2/h8,10,14,16,20,22,27,30,34,36,49H,4-7,9,11-13,15,17-19,21,23-26,28-29,31-33,35,37-48H2,1-3H3,(H,54,55)/b10-8-,16-14-,22-20-,30-27-,36-34-. The van der Waals surface area contributed by atoms with Gasteiger partial charge < -0.3 is 14.4 Å². The van der Waals surface area contributed by atoms with Crippen LogP contribution in [0, 0.1) is 0 Å². The number of phosphoric ester groups is 1. The Morgan fingerprint density at radius 3 is 1.28 bits per heavy atom. The zero-order chi connectivity index (χ0) is 43.9. The third kappa shape index (κ3) is 45.3. The van der Waals surface area contributed by atoms with E-state index in [1.807, 2.05) is 0 Å². The fraction of sp³-hybridized carbons (Fsp3) is 0.765. The molecule has 0 rings (SSSR count). The summed E-state index contributed by atoms with van der Waals surface area (Å²) < 4.78 is 32.7. The maximum Gasteiger partial charge on any atom is 0.472 e. The number of carbonyl (C=O) groups excluding carboxylic acids is 2. The molecule has 2 unspecified atom stereocenters. The Bertz CT molecular complexity index is 1160. The van der Waals surface area contributed by atoms with Gasteiger partial charge in [0.2, 0.25) is 0 Å². The van der Waals surface area contributed by atoms with Crippen molar-refractivity contribution in [2.24, 2.45) is 0 Å². The average molecular weight is 863 g/mol. The molecular weight excluding hydrogens is 772 g/mol. The molecule has 0 fully saturated rings. The topological polar surface area (TPSA) is 108 Å². The lowest BCUT2D eigenvalue weighted by Gasteiger charge is -2.19. The van der Waals surface area contributed by atoms with E-state index in [0.29, 0.717) is 6.42 Å². The van der Waals surface area contributed by atoms with Gasteiger partial charge in [-0.1, -0.05) is 209 Å². The second-order valence-electron chi connectivity index (χ2n) is 16.1. The zero-order valence-corrected chi connectivity index (χ0v) is 39.7. The van der Waals surface area contributed by atoms with Gasteiger partial charge >= 0.3 is 19.8 Å². The van der Waals surface area contributed by atoms with Gasteiger partial charge in [-0.25, -0.2) is 4.57 Å². The first-order valence-electron chi connectivity index (χ1n) is 24.6. The molecule has 0 saturated heterocycles. The number of carbonyl (C=O) groups is 2. The number of allylic oxidation sites excluding steroid dienone is 10. The summed E-state index contributed by atoms with van der Waals surface area (Å²) in [5.41, 5.74) is 0. The predicted octanol–water partition coefficient (Wildman–Crippen LogP) is 15.9. The molecule has 2 atom stereocenters. The highest BCUT2D eigenvalue weighted by Crippen LogP contribution is 2.43.